The third kappa shape index (κ3) is 3.24. The minimum atomic E-state index is -0.511. The predicted octanol–water partition coefficient (Wildman–Crippen LogP) is 2.28. The molecule has 0 atom stereocenters. The van der Waals surface area contributed by atoms with Crippen LogP contribution in [-0.4, -0.2) is 30.6 Å². The van der Waals surface area contributed by atoms with Gasteiger partial charge in [-0.15, -0.1) is 0 Å². The van der Waals surface area contributed by atoms with E-state index in [-0.39, 0.29) is 18.1 Å². The maximum atomic E-state index is 12.0. The highest BCUT2D eigenvalue weighted by molar-refractivity contribution is 5.97. The molecule has 1 aliphatic heterocycles. The van der Waals surface area contributed by atoms with Crippen molar-refractivity contribution in [2.45, 2.75) is 6.92 Å². The Balaban J connectivity index is 1.77. The van der Waals surface area contributed by atoms with Crippen molar-refractivity contribution in [2.24, 2.45) is 5.10 Å². The summed E-state index contributed by atoms with van der Waals surface area (Å²) < 4.78 is 16.2. The largest absolute Gasteiger partial charge is 0.507 e. The van der Waals surface area contributed by atoms with Crippen molar-refractivity contribution < 1.29 is 24.1 Å². The van der Waals surface area contributed by atoms with Crippen LogP contribution in [0.1, 0.15) is 22.8 Å². The number of fused-ring (bicyclic) bond motifs is 1. The van der Waals surface area contributed by atoms with Gasteiger partial charge >= 0.3 is 0 Å². The molecule has 2 aromatic carbocycles. The van der Waals surface area contributed by atoms with E-state index in [2.05, 4.69) is 10.5 Å². The minimum Gasteiger partial charge on any atom is -0.507 e. The molecule has 0 spiro atoms. The number of phenols is 1. The molecule has 0 unspecified atom stereocenters. The fraction of sp³-hybridized carbons (Fsp3) is 0.176. The fourth-order valence-corrected chi connectivity index (χ4v) is 2.21. The first-order chi connectivity index (χ1) is 11.7. The van der Waals surface area contributed by atoms with E-state index in [0.717, 1.165) is 0 Å². The summed E-state index contributed by atoms with van der Waals surface area (Å²) in [5.41, 5.74) is 3.15. The van der Waals surface area contributed by atoms with Crippen LogP contribution in [0.5, 0.6) is 23.0 Å². The van der Waals surface area contributed by atoms with Crippen LogP contribution in [0.3, 0.4) is 0 Å². The number of amides is 1. The summed E-state index contributed by atoms with van der Waals surface area (Å²) in [4.78, 5) is 12.0. The Bertz CT molecular complexity index is 789. The molecule has 124 valence electrons. The number of carbonyl (C=O) groups is 1. The van der Waals surface area contributed by atoms with Gasteiger partial charge in [-0.25, -0.2) is 5.43 Å². The Morgan fingerprint density at radius 1 is 1.33 bits per heavy atom. The van der Waals surface area contributed by atoms with Gasteiger partial charge in [0.25, 0.3) is 5.91 Å². The first kappa shape index (κ1) is 15.7. The summed E-state index contributed by atoms with van der Waals surface area (Å²) in [5.74, 6) is 1.15. The zero-order valence-electron chi connectivity index (χ0n) is 13.0. The molecule has 0 fully saturated rings. The van der Waals surface area contributed by atoms with Gasteiger partial charge in [-0.3, -0.25) is 4.79 Å². The van der Waals surface area contributed by atoms with E-state index in [1.54, 1.807) is 24.3 Å². The second kappa shape index (κ2) is 6.91. The first-order valence-corrected chi connectivity index (χ1v) is 7.37. The van der Waals surface area contributed by atoms with Crippen LogP contribution >= 0.6 is 0 Å². The SMILES string of the molecule is CCOc1cc2c(cc1/C=N\NC(=O)c1ccccc1O)OCO2. The quantitative estimate of drug-likeness (QED) is 0.649. The summed E-state index contributed by atoms with van der Waals surface area (Å²) in [6, 6.07) is 9.68. The highest BCUT2D eigenvalue weighted by Gasteiger charge is 2.17. The van der Waals surface area contributed by atoms with Crippen LogP contribution < -0.4 is 19.6 Å². The number of aromatic hydroxyl groups is 1. The van der Waals surface area contributed by atoms with Crippen molar-refractivity contribution in [1.29, 1.82) is 0 Å². The molecule has 2 N–H and O–H groups in total. The molecule has 7 heteroatoms. The molecular formula is C17H16N2O5. The molecule has 0 saturated carbocycles. The van der Waals surface area contributed by atoms with Crippen molar-refractivity contribution in [2.75, 3.05) is 13.4 Å². The van der Waals surface area contributed by atoms with Gasteiger partial charge in [-0.1, -0.05) is 12.1 Å². The van der Waals surface area contributed by atoms with Gasteiger partial charge in [0, 0.05) is 11.6 Å². The molecule has 7 nitrogen and oxygen atoms in total. The average Bonchev–Trinajstić information content (AvgIpc) is 3.02. The van der Waals surface area contributed by atoms with Crippen LogP contribution in [0.25, 0.3) is 0 Å². The van der Waals surface area contributed by atoms with Crippen molar-refractivity contribution in [3.05, 3.63) is 47.5 Å². The number of para-hydroxylation sites is 1. The fourth-order valence-electron chi connectivity index (χ4n) is 2.21. The molecule has 1 amide bonds. The lowest BCUT2D eigenvalue weighted by Gasteiger charge is -2.08. The minimum absolute atomic E-state index is 0.108. The smallest absolute Gasteiger partial charge is 0.275 e. The van der Waals surface area contributed by atoms with Crippen LogP contribution in [0.2, 0.25) is 0 Å². The molecule has 1 heterocycles. The monoisotopic (exact) mass is 328 g/mol. The first-order valence-electron chi connectivity index (χ1n) is 7.37. The number of rotatable bonds is 5. The molecule has 0 aromatic heterocycles. The third-order valence-electron chi connectivity index (χ3n) is 3.32. The Labute approximate surface area is 138 Å². The number of hydrazone groups is 1. The summed E-state index contributed by atoms with van der Waals surface area (Å²) in [5, 5.41) is 13.6. The molecule has 0 saturated heterocycles. The Hall–Kier alpha value is -3.22. The van der Waals surface area contributed by atoms with Gasteiger partial charge in [-0.05, 0) is 25.1 Å². The molecule has 0 aliphatic carbocycles. The predicted molar refractivity (Wildman–Crippen MR) is 86.9 cm³/mol. The summed E-state index contributed by atoms with van der Waals surface area (Å²) in [6.45, 7) is 2.50. The van der Waals surface area contributed by atoms with Gasteiger partial charge in [0.15, 0.2) is 11.5 Å². The van der Waals surface area contributed by atoms with Crippen molar-refractivity contribution >= 4 is 12.1 Å². The lowest BCUT2D eigenvalue weighted by Crippen LogP contribution is -2.17. The highest BCUT2D eigenvalue weighted by Crippen LogP contribution is 2.37. The lowest BCUT2D eigenvalue weighted by molar-refractivity contribution is 0.0952. The van der Waals surface area contributed by atoms with E-state index in [0.29, 0.717) is 29.4 Å². The van der Waals surface area contributed by atoms with Gasteiger partial charge < -0.3 is 19.3 Å². The number of carbonyl (C=O) groups excluding carboxylic acids is 1. The Morgan fingerprint density at radius 3 is 2.83 bits per heavy atom. The van der Waals surface area contributed by atoms with Crippen LogP contribution in [-0.2, 0) is 0 Å². The van der Waals surface area contributed by atoms with Crippen molar-refractivity contribution in [1.82, 2.24) is 5.43 Å². The van der Waals surface area contributed by atoms with Gasteiger partial charge in [0.05, 0.1) is 18.4 Å². The molecule has 0 bridgehead atoms. The summed E-state index contributed by atoms with van der Waals surface area (Å²) in [6.07, 6.45) is 1.45. The van der Waals surface area contributed by atoms with E-state index in [1.807, 2.05) is 6.92 Å². The maximum Gasteiger partial charge on any atom is 0.275 e. The van der Waals surface area contributed by atoms with Gasteiger partial charge in [0.2, 0.25) is 6.79 Å². The zero-order chi connectivity index (χ0) is 16.9. The summed E-state index contributed by atoms with van der Waals surface area (Å²) >= 11 is 0. The van der Waals surface area contributed by atoms with Crippen molar-refractivity contribution in [3.8, 4) is 23.0 Å². The number of nitrogens with zero attached hydrogens (tertiary/aromatic N) is 1. The summed E-state index contributed by atoms with van der Waals surface area (Å²) in [7, 11) is 0. The van der Waals surface area contributed by atoms with E-state index in [1.165, 1.54) is 18.3 Å². The third-order valence-corrected chi connectivity index (χ3v) is 3.32. The van der Waals surface area contributed by atoms with Crippen LogP contribution in [0.4, 0.5) is 0 Å². The second-order valence-corrected chi connectivity index (χ2v) is 4.89. The van der Waals surface area contributed by atoms with E-state index in [4.69, 9.17) is 14.2 Å². The molecule has 24 heavy (non-hydrogen) atoms. The normalized spacial score (nSPS) is 12.4. The lowest BCUT2D eigenvalue weighted by atomic mass is 10.2. The zero-order valence-corrected chi connectivity index (χ0v) is 13.0. The van der Waals surface area contributed by atoms with E-state index in [9.17, 15) is 9.90 Å². The number of phenolic OH excluding ortho intramolecular Hbond substituents is 1. The number of hydrogen-bond donors (Lipinski definition) is 2. The highest BCUT2D eigenvalue weighted by atomic mass is 16.7. The number of hydrogen-bond acceptors (Lipinski definition) is 6. The maximum absolute atomic E-state index is 12.0. The standard InChI is InChI=1S/C17H16N2O5/c1-2-22-14-8-16-15(23-10-24-16)7-11(14)9-18-19-17(21)12-5-3-4-6-13(12)20/h3-9,20H,2,10H2,1H3,(H,19,21)/b18-9-. The molecule has 0 radical (unpaired) electrons. The number of ether oxygens (including phenoxy) is 3. The van der Waals surface area contributed by atoms with Gasteiger partial charge in [0.1, 0.15) is 11.5 Å². The van der Waals surface area contributed by atoms with Crippen LogP contribution in [0.15, 0.2) is 41.5 Å². The molecule has 3 rings (SSSR count). The van der Waals surface area contributed by atoms with E-state index >= 15 is 0 Å². The average molecular weight is 328 g/mol. The topological polar surface area (TPSA) is 89.4 Å². The molecule has 2 aromatic rings. The Morgan fingerprint density at radius 2 is 2.08 bits per heavy atom. The number of benzene rings is 2. The van der Waals surface area contributed by atoms with E-state index < -0.39 is 5.91 Å². The second-order valence-electron chi connectivity index (χ2n) is 4.89. The number of nitrogens with one attached hydrogen (secondary N) is 1. The molecule has 1 aliphatic rings. The molecular weight excluding hydrogens is 312 g/mol. The van der Waals surface area contributed by atoms with Crippen molar-refractivity contribution in [3.63, 3.8) is 0 Å². The van der Waals surface area contributed by atoms with Crippen LogP contribution in [0, 0.1) is 0 Å². The van der Waals surface area contributed by atoms with Gasteiger partial charge in [-0.2, -0.15) is 5.10 Å². The Kier molecular flexibility index (Phi) is 4.51.